The van der Waals surface area contributed by atoms with E-state index in [0.29, 0.717) is 5.56 Å². The number of carbonyl (C=O) groups excluding carboxylic acids is 1. The van der Waals surface area contributed by atoms with Gasteiger partial charge < -0.3 is 5.32 Å². The molecular formula is C12H13F2NO. The summed E-state index contributed by atoms with van der Waals surface area (Å²) in [6.07, 6.45) is -0.154. The van der Waals surface area contributed by atoms with Gasteiger partial charge in [-0.25, -0.2) is 8.78 Å². The van der Waals surface area contributed by atoms with Gasteiger partial charge in [-0.15, -0.1) is 0 Å². The molecule has 1 aromatic carbocycles. The van der Waals surface area contributed by atoms with Crippen molar-refractivity contribution >= 4 is 5.91 Å². The molecule has 4 heteroatoms. The van der Waals surface area contributed by atoms with Gasteiger partial charge in [0.1, 0.15) is 0 Å². The summed E-state index contributed by atoms with van der Waals surface area (Å²) >= 11 is 0. The Morgan fingerprint density at radius 2 is 1.88 bits per heavy atom. The molecular weight excluding hydrogens is 212 g/mol. The standard InChI is InChI=1S/C12H13F2NO/c1-15-11(16)9-4-2-8(3-5-9)10-6-12(13,14)7-10/h2-5,10H,6-7H2,1H3,(H,15,16). The highest BCUT2D eigenvalue weighted by Gasteiger charge is 2.45. The van der Waals surface area contributed by atoms with E-state index in [0.717, 1.165) is 5.56 Å². The predicted molar refractivity (Wildman–Crippen MR) is 56.8 cm³/mol. The maximum Gasteiger partial charge on any atom is 0.251 e. The molecule has 1 aromatic rings. The first-order chi connectivity index (χ1) is 7.52. The van der Waals surface area contributed by atoms with Crippen molar-refractivity contribution in [2.75, 3.05) is 7.05 Å². The predicted octanol–water partition coefficient (Wildman–Crippen LogP) is 2.56. The molecule has 1 aliphatic rings. The van der Waals surface area contributed by atoms with Crippen molar-refractivity contribution in [3.05, 3.63) is 35.4 Å². The molecule has 0 saturated heterocycles. The summed E-state index contributed by atoms with van der Waals surface area (Å²) in [7, 11) is 1.56. The van der Waals surface area contributed by atoms with Crippen molar-refractivity contribution in [3.63, 3.8) is 0 Å². The van der Waals surface area contributed by atoms with Crippen LogP contribution in [-0.2, 0) is 0 Å². The molecule has 2 nitrogen and oxygen atoms in total. The van der Waals surface area contributed by atoms with Gasteiger partial charge in [0, 0.05) is 25.5 Å². The Labute approximate surface area is 92.7 Å². The maximum atomic E-state index is 12.7. The number of amides is 1. The molecule has 0 aromatic heterocycles. The lowest BCUT2D eigenvalue weighted by molar-refractivity contribution is -0.0867. The molecule has 1 fully saturated rings. The second-order valence-electron chi connectivity index (χ2n) is 4.16. The molecule has 0 aliphatic heterocycles. The third-order valence-corrected chi connectivity index (χ3v) is 2.96. The minimum atomic E-state index is -2.50. The average Bonchev–Trinajstić information content (AvgIpc) is 2.25. The molecule has 1 amide bonds. The van der Waals surface area contributed by atoms with E-state index in [4.69, 9.17) is 0 Å². The van der Waals surface area contributed by atoms with Crippen molar-refractivity contribution in [1.82, 2.24) is 5.32 Å². The molecule has 16 heavy (non-hydrogen) atoms. The van der Waals surface area contributed by atoms with Crippen LogP contribution in [-0.4, -0.2) is 18.9 Å². The number of halogens is 2. The Hall–Kier alpha value is -1.45. The fourth-order valence-corrected chi connectivity index (χ4v) is 1.95. The number of alkyl halides is 2. The minimum absolute atomic E-state index is 0.0614. The van der Waals surface area contributed by atoms with E-state index in [1.807, 2.05) is 0 Å². The van der Waals surface area contributed by atoms with Crippen LogP contribution in [0.1, 0.15) is 34.7 Å². The highest BCUT2D eigenvalue weighted by atomic mass is 19.3. The van der Waals surface area contributed by atoms with Gasteiger partial charge in [0.2, 0.25) is 5.92 Å². The van der Waals surface area contributed by atoms with Gasteiger partial charge in [-0.3, -0.25) is 4.79 Å². The van der Waals surface area contributed by atoms with E-state index in [-0.39, 0.29) is 24.7 Å². The first kappa shape index (κ1) is 11.0. The van der Waals surface area contributed by atoms with Crippen LogP contribution >= 0.6 is 0 Å². The monoisotopic (exact) mass is 225 g/mol. The summed E-state index contributed by atoms with van der Waals surface area (Å²) in [5, 5.41) is 2.51. The SMILES string of the molecule is CNC(=O)c1ccc(C2CC(F)(F)C2)cc1. The van der Waals surface area contributed by atoms with E-state index in [2.05, 4.69) is 5.32 Å². The second-order valence-corrected chi connectivity index (χ2v) is 4.16. The van der Waals surface area contributed by atoms with Crippen molar-refractivity contribution in [2.24, 2.45) is 0 Å². The third-order valence-electron chi connectivity index (χ3n) is 2.96. The Bertz CT molecular complexity index is 392. The van der Waals surface area contributed by atoms with E-state index < -0.39 is 5.92 Å². The quantitative estimate of drug-likeness (QED) is 0.823. The zero-order valence-electron chi connectivity index (χ0n) is 8.97. The molecule has 1 N–H and O–H groups in total. The van der Waals surface area contributed by atoms with Crippen LogP contribution in [0.4, 0.5) is 8.78 Å². The van der Waals surface area contributed by atoms with Gasteiger partial charge in [0.25, 0.3) is 5.91 Å². The molecule has 0 unspecified atom stereocenters. The smallest absolute Gasteiger partial charge is 0.251 e. The number of hydrogen-bond acceptors (Lipinski definition) is 1. The third kappa shape index (κ3) is 2.05. The lowest BCUT2D eigenvalue weighted by Crippen LogP contribution is -2.33. The van der Waals surface area contributed by atoms with Gasteiger partial charge in [-0.2, -0.15) is 0 Å². The molecule has 1 aliphatic carbocycles. The first-order valence-electron chi connectivity index (χ1n) is 5.22. The molecule has 86 valence electrons. The molecule has 0 bridgehead atoms. The molecule has 1 saturated carbocycles. The summed E-state index contributed by atoms with van der Waals surface area (Å²) in [5.74, 6) is -2.72. The molecule has 0 spiro atoms. The van der Waals surface area contributed by atoms with Crippen LogP contribution in [0, 0.1) is 0 Å². The summed E-state index contributed by atoms with van der Waals surface area (Å²) in [5.41, 5.74) is 1.44. The van der Waals surface area contributed by atoms with Gasteiger partial charge in [0.15, 0.2) is 0 Å². The van der Waals surface area contributed by atoms with Gasteiger partial charge in [-0.1, -0.05) is 12.1 Å². The van der Waals surface area contributed by atoms with Crippen LogP contribution in [0.15, 0.2) is 24.3 Å². The maximum absolute atomic E-state index is 12.7. The Morgan fingerprint density at radius 3 is 2.31 bits per heavy atom. The zero-order valence-corrected chi connectivity index (χ0v) is 8.97. The summed E-state index contributed by atoms with van der Waals surface area (Å²) in [6, 6.07) is 6.85. The van der Waals surface area contributed by atoms with Crippen LogP contribution in [0.3, 0.4) is 0 Å². The summed E-state index contributed by atoms with van der Waals surface area (Å²) in [6.45, 7) is 0. The molecule has 0 atom stereocenters. The van der Waals surface area contributed by atoms with Crippen LogP contribution in [0.25, 0.3) is 0 Å². The van der Waals surface area contributed by atoms with E-state index >= 15 is 0 Å². The number of hydrogen-bond donors (Lipinski definition) is 1. The number of carbonyl (C=O) groups is 1. The Balaban J connectivity index is 2.06. The number of benzene rings is 1. The first-order valence-corrected chi connectivity index (χ1v) is 5.22. The molecule has 2 rings (SSSR count). The minimum Gasteiger partial charge on any atom is -0.355 e. The van der Waals surface area contributed by atoms with Crippen molar-refractivity contribution in [2.45, 2.75) is 24.7 Å². The fourth-order valence-electron chi connectivity index (χ4n) is 1.95. The zero-order chi connectivity index (χ0) is 11.8. The topological polar surface area (TPSA) is 29.1 Å². The van der Waals surface area contributed by atoms with Crippen LogP contribution < -0.4 is 5.32 Å². The van der Waals surface area contributed by atoms with E-state index in [1.165, 1.54) is 0 Å². The largest absolute Gasteiger partial charge is 0.355 e. The highest BCUT2D eigenvalue weighted by Crippen LogP contribution is 2.48. The van der Waals surface area contributed by atoms with Crippen molar-refractivity contribution in [3.8, 4) is 0 Å². The van der Waals surface area contributed by atoms with E-state index in [9.17, 15) is 13.6 Å². The van der Waals surface area contributed by atoms with Gasteiger partial charge >= 0.3 is 0 Å². The average molecular weight is 225 g/mol. The Kier molecular flexibility index (Phi) is 2.66. The van der Waals surface area contributed by atoms with Crippen LogP contribution in [0.5, 0.6) is 0 Å². The Morgan fingerprint density at radius 1 is 1.31 bits per heavy atom. The van der Waals surface area contributed by atoms with Crippen LogP contribution in [0.2, 0.25) is 0 Å². The van der Waals surface area contributed by atoms with E-state index in [1.54, 1.807) is 31.3 Å². The second kappa shape index (κ2) is 3.85. The lowest BCUT2D eigenvalue weighted by atomic mass is 9.76. The van der Waals surface area contributed by atoms with Gasteiger partial charge in [-0.05, 0) is 23.6 Å². The number of rotatable bonds is 2. The van der Waals surface area contributed by atoms with Gasteiger partial charge in [0.05, 0.1) is 0 Å². The summed E-state index contributed by atoms with van der Waals surface area (Å²) < 4.78 is 25.3. The highest BCUT2D eigenvalue weighted by molar-refractivity contribution is 5.93. The molecule has 0 heterocycles. The number of nitrogens with one attached hydrogen (secondary N) is 1. The molecule has 0 radical (unpaired) electrons. The van der Waals surface area contributed by atoms with Crippen molar-refractivity contribution in [1.29, 1.82) is 0 Å². The summed E-state index contributed by atoms with van der Waals surface area (Å²) in [4.78, 5) is 11.3. The lowest BCUT2D eigenvalue weighted by Gasteiger charge is -2.35. The normalized spacial score (nSPS) is 18.9. The van der Waals surface area contributed by atoms with Crippen molar-refractivity contribution < 1.29 is 13.6 Å². The fraction of sp³-hybridized carbons (Fsp3) is 0.417.